The molecular formula is C44H40. The van der Waals surface area contributed by atoms with E-state index in [1.165, 1.54) is 71.6 Å². The molecule has 0 saturated heterocycles. The molecule has 0 saturated carbocycles. The fourth-order valence-electron chi connectivity index (χ4n) is 8.97. The van der Waals surface area contributed by atoms with Crippen LogP contribution in [0.5, 0.6) is 0 Å². The van der Waals surface area contributed by atoms with Gasteiger partial charge in [0.15, 0.2) is 0 Å². The van der Waals surface area contributed by atoms with Crippen molar-refractivity contribution in [2.45, 2.75) is 67.2 Å². The first-order valence-corrected chi connectivity index (χ1v) is 17.0. The Bertz CT molecular complexity index is 2280. The van der Waals surface area contributed by atoms with Crippen molar-refractivity contribution < 1.29 is 0 Å². The van der Waals surface area contributed by atoms with Gasteiger partial charge in [0.25, 0.3) is 0 Å². The quantitative estimate of drug-likeness (QED) is 0.160. The monoisotopic (exact) mass is 568 g/mol. The van der Waals surface area contributed by atoms with Crippen LogP contribution in [0.25, 0.3) is 65.7 Å². The van der Waals surface area contributed by atoms with E-state index in [4.69, 9.17) is 0 Å². The minimum Gasteiger partial charge on any atom is -0.0683 e. The Labute approximate surface area is 261 Å². The van der Waals surface area contributed by atoms with Crippen molar-refractivity contribution in [3.8, 4) is 33.4 Å². The topological polar surface area (TPSA) is 0 Å². The van der Waals surface area contributed by atoms with Gasteiger partial charge in [-0.1, -0.05) is 126 Å². The third-order valence-electron chi connectivity index (χ3n) is 10.3. The third kappa shape index (κ3) is 3.24. The summed E-state index contributed by atoms with van der Waals surface area (Å²) in [5, 5.41) is 9.04. The fourth-order valence-corrected chi connectivity index (χ4v) is 8.97. The number of hydrogen-bond acceptors (Lipinski definition) is 0. The van der Waals surface area contributed by atoms with Gasteiger partial charge in [-0.25, -0.2) is 0 Å². The molecule has 44 heavy (non-hydrogen) atoms. The Morgan fingerprint density at radius 3 is 1.61 bits per heavy atom. The van der Waals surface area contributed by atoms with Crippen molar-refractivity contribution in [3.63, 3.8) is 0 Å². The summed E-state index contributed by atoms with van der Waals surface area (Å²) in [5.41, 5.74) is 21.3. The van der Waals surface area contributed by atoms with Gasteiger partial charge in [-0.15, -0.1) is 0 Å². The zero-order chi connectivity index (χ0) is 30.3. The van der Waals surface area contributed by atoms with Gasteiger partial charge in [0.2, 0.25) is 0 Å². The lowest BCUT2D eigenvalue weighted by molar-refractivity contribution is 1.10. The van der Waals surface area contributed by atoms with Crippen LogP contribution in [0.4, 0.5) is 0 Å². The molecule has 7 aromatic carbocycles. The van der Waals surface area contributed by atoms with Crippen molar-refractivity contribution in [1.82, 2.24) is 0 Å². The average molecular weight is 569 g/mol. The molecule has 0 amide bonds. The van der Waals surface area contributed by atoms with E-state index in [-0.39, 0.29) is 0 Å². The Balaban J connectivity index is 0.000000457. The van der Waals surface area contributed by atoms with Crippen LogP contribution in [0, 0.1) is 0 Å². The van der Waals surface area contributed by atoms with Crippen LogP contribution >= 0.6 is 0 Å². The summed E-state index contributed by atoms with van der Waals surface area (Å²) >= 11 is 0. The van der Waals surface area contributed by atoms with E-state index in [0.717, 1.165) is 25.7 Å². The maximum absolute atomic E-state index is 2.52. The summed E-state index contributed by atoms with van der Waals surface area (Å²) in [5.74, 6) is 0. The first kappa shape index (κ1) is 27.2. The maximum atomic E-state index is 2.52. The molecule has 0 N–H and O–H groups in total. The van der Waals surface area contributed by atoms with Gasteiger partial charge in [0, 0.05) is 0 Å². The molecule has 0 spiro atoms. The van der Waals surface area contributed by atoms with Crippen LogP contribution in [0.1, 0.15) is 86.1 Å². The standard InChI is InChI=1S/C38H22.3C2H6/c1-3-10-25-20(7-1)17-30-34(25)27-13-12-23-15-24-14-21-8-5-9-22-18-29-28-16-19-6-2-4-11-26(19)35(30)38(28)36(27)32(23)37(29)33(24)31(21)22;3*1-2/h1-13,15H,14,16-18H2;3*1-2H3. The normalized spacial score (nSPS) is 13.3. The lowest BCUT2D eigenvalue weighted by atomic mass is 9.71. The van der Waals surface area contributed by atoms with Gasteiger partial charge in [-0.2, -0.15) is 0 Å². The van der Waals surface area contributed by atoms with Crippen LogP contribution in [-0.2, 0) is 25.7 Å². The molecule has 0 unspecified atom stereocenters. The Morgan fingerprint density at radius 2 is 0.909 bits per heavy atom. The molecule has 11 rings (SSSR count). The summed E-state index contributed by atoms with van der Waals surface area (Å²) in [6.07, 6.45) is 4.19. The minimum atomic E-state index is 1.03. The van der Waals surface area contributed by atoms with E-state index < -0.39 is 0 Å². The molecule has 0 nitrogen and oxygen atoms in total. The molecule has 0 radical (unpaired) electrons. The summed E-state index contributed by atoms with van der Waals surface area (Å²) in [6.45, 7) is 12.0. The summed E-state index contributed by atoms with van der Waals surface area (Å²) in [6, 6.07) is 32.8. The smallest absolute Gasteiger partial charge is 0.000683 e. The SMILES string of the molecule is CC.CC.CC.c1ccc2c(c1)Cc1c-2c2ccc3cc4c5c6c(c7c(c1-c1ccccc1C7)c2c36)Cc1cccc(c1-5)C4. The van der Waals surface area contributed by atoms with E-state index in [1.807, 2.05) is 41.5 Å². The molecule has 0 fully saturated rings. The molecular weight excluding hydrogens is 528 g/mol. The lowest BCUT2D eigenvalue weighted by Gasteiger charge is -2.32. The highest BCUT2D eigenvalue weighted by molar-refractivity contribution is 6.34. The first-order chi connectivity index (χ1) is 21.8. The Kier molecular flexibility index (Phi) is 6.21. The van der Waals surface area contributed by atoms with Crippen LogP contribution in [0.15, 0.2) is 84.9 Å². The predicted molar refractivity (Wildman–Crippen MR) is 192 cm³/mol. The van der Waals surface area contributed by atoms with Crippen molar-refractivity contribution in [1.29, 1.82) is 0 Å². The highest BCUT2D eigenvalue weighted by Gasteiger charge is 2.37. The fraction of sp³-hybridized carbons (Fsp3) is 0.227. The van der Waals surface area contributed by atoms with E-state index in [1.54, 1.807) is 38.6 Å². The van der Waals surface area contributed by atoms with E-state index >= 15 is 0 Å². The zero-order valence-corrected chi connectivity index (χ0v) is 26.9. The Morgan fingerprint density at radius 1 is 0.364 bits per heavy atom. The van der Waals surface area contributed by atoms with Gasteiger partial charge in [-0.05, 0) is 136 Å². The Hall–Kier alpha value is -4.42. The molecule has 0 heterocycles. The second-order valence-corrected chi connectivity index (χ2v) is 11.9. The molecule has 0 aromatic heterocycles. The number of fused-ring (bicyclic) bond motifs is 8. The van der Waals surface area contributed by atoms with E-state index in [2.05, 4.69) is 84.9 Å². The minimum absolute atomic E-state index is 1.03. The van der Waals surface area contributed by atoms with Crippen molar-refractivity contribution >= 4 is 32.3 Å². The predicted octanol–water partition coefficient (Wildman–Crippen LogP) is 12.3. The largest absolute Gasteiger partial charge is 0.0683 e. The lowest BCUT2D eigenvalue weighted by Crippen LogP contribution is -2.12. The average Bonchev–Trinajstić information content (AvgIpc) is 3.68. The van der Waals surface area contributed by atoms with Gasteiger partial charge < -0.3 is 0 Å². The van der Waals surface area contributed by atoms with E-state index in [9.17, 15) is 0 Å². The molecule has 216 valence electrons. The number of hydrogen-bond donors (Lipinski definition) is 0. The van der Waals surface area contributed by atoms with Gasteiger partial charge >= 0.3 is 0 Å². The molecule has 0 heteroatoms. The van der Waals surface area contributed by atoms with Crippen molar-refractivity contribution in [3.05, 3.63) is 129 Å². The van der Waals surface area contributed by atoms with Gasteiger partial charge in [0.05, 0.1) is 0 Å². The van der Waals surface area contributed by atoms with E-state index in [0.29, 0.717) is 0 Å². The highest BCUT2D eigenvalue weighted by Crippen LogP contribution is 2.59. The molecule has 0 aliphatic heterocycles. The van der Waals surface area contributed by atoms with Crippen molar-refractivity contribution in [2.75, 3.05) is 0 Å². The maximum Gasteiger partial charge on any atom is -0.000683 e. The van der Waals surface area contributed by atoms with Crippen LogP contribution in [-0.4, -0.2) is 0 Å². The highest BCUT2D eigenvalue weighted by atomic mass is 14.4. The zero-order valence-electron chi connectivity index (χ0n) is 26.9. The number of rotatable bonds is 0. The molecule has 4 aliphatic carbocycles. The second kappa shape index (κ2) is 10.1. The molecule has 0 atom stereocenters. The van der Waals surface area contributed by atoms with Crippen LogP contribution in [0.3, 0.4) is 0 Å². The van der Waals surface area contributed by atoms with Gasteiger partial charge in [0.1, 0.15) is 0 Å². The van der Waals surface area contributed by atoms with Gasteiger partial charge in [-0.3, -0.25) is 0 Å². The molecule has 4 aliphatic rings. The van der Waals surface area contributed by atoms with Crippen LogP contribution in [0.2, 0.25) is 0 Å². The third-order valence-corrected chi connectivity index (χ3v) is 10.3. The summed E-state index contributed by atoms with van der Waals surface area (Å²) in [7, 11) is 0. The first-order valence-electron chi connectivity index (χ1n) is 17.0. The molecule has 0 bridgehead atoms. The van der Waals surface area contributed by atoms with Crippen molar-refractivity contribution in [2.24, 2.45) is 0 Å². The summed E-state index contributed by atoms with van der Waals surface area (Å²) in [4.78, 5) is 0. The number of benzene rings is 7. The summed E-state index contributed by atoms with van der Waals surface area (Å²) < 4.78 is 0. The van der Waals surface area contributed by atoms with Crippen LogP contribution < -0.4 is 0 Å². The molecule has 7 aromatic rings. The second-order valence-electron chi connectivity index (χ2n) is 11.9.